The van der Waals surface area contributed by atoms with E-state index in [1.165, 1.54) is 12.8 Å². The van der Waals surface area contributed by atoms with Crippen molar-refractivity contribution >= 4 is 16.5 Å². The average Bonchev–Trinajstić information content (AvgIpc) is 3.08. The van der Waals surface area contributed by atoms with Crippen LogP contribution in [-0.2, 0) is 11.3 Å². The van der Waals surface area contributed by atoms with Crippen molar-refractivity contribution in [1.29, 1.82) is 0 Å². The van der Waals surface area contributed by atoms with Gasteiger partial charge in [0.2, 0.25) is 0 Å². The molecule has 2 aliphatic heterocycles. The zero-order valence-corrected chi connectivity index (χ0v) is 14.7. The minimum absolute atomic E-state index is 0.267. The Hall–Kier alpha value is -1.50. The Labute approximate surface area is 147 Å². The van der Waals surface area contributed by atoms with Gasteiger partial charge in [0, 0.05) is 42.8 Å². The molecule has 0 radical (unpaired) electrons. The number of pyridine rings is 1. The minimum atomic E-state index is 0.267. The molecule has 6 heteroatoms. The van der Waals surface area contributed by atoms with Crippen molar-refractivity contribution in [1.82, 2.24) is 14.9 Å². The third-order valence-corrected chi connectivity index (χ3v) is 5.99. The molecule has 2 aromatic rings. The summed E-state index contributed by atoms with van der Waals surface area (Å²) < 4.78 is 5.97. The lowest BCUT2D eigenvalue weighted by molar-refractivity contribution is 0.0198. The van der Waals surface area contributed by atoms with Crippen LogP contribution in [0.15, 0.2) is 36.0 Å². The molecule has 2 saturated heterocycles. The average molecular weight is 344 g/mol. The second-order valence-corrected chi connectivity index (χ2v) is 7.76. The summed E-state index contributed by atoms with van der Waals surface area (Å²) in [6.45, 7) is 6.89. The molecule has 0 N–H and O–H groups in total. The molecule has 0 aromatic carbocycles. The van der Waals surface area contributed by atoms with Gasteiger partial charge in [0.25, 0.3) is 0 Å². The highest BCUT2D eigenvalue weighted by molar-refractivity contribution is 7.13. The molecular weight excluding hydrogens is 320 g/mol. The van der Waals surface area contributed by atoms with Gasteiger partial charge in [-0.25, -0.2) is 4.98 Å². The summed E-state index contributed by atoms with van der Waals surface area (Å²) in [5.41, 5.74) is 1.43. The number of aromatic nitrogens is 2. The second-order valence-electron chi connectivity index (χ2n) is 6.89. The number of anilines is 1. The van der Waals surface area contributed by atoms with E-state index in [0.29, 0.717) is 0 Å². The molecule has 0 aliphatic carbocycles. The van der Waals surface area contributed by atoms with E-state index in [2.05, 4.69) is 37.3 Å². The van der Waals surface area contributed by atoms with E-state index in [1.54, 1.807) is 11.3 Å². The third-order valence-electron chi connectivity index (χ3n) is 5.16. The van der Waals surface area contributed by atoms with E-state index in [1.807, 2.05) is 18.5 Å². The zero-order valence-electron chi connectivity index (χ0n) is 13.9. The van der Waals surface area contributed by atoms with Crippen LogP contribution < -0.4 is 4.90 Å². The molecule has 128 valence electrons. The first-order valence-electron chi connectivity index (χ1n) is 8.68. The van der Waals surface area contributed by atoms with Crippen molar-refractivity contribution in [2.45, 2.75) is 19.4 Å². The van der Waals surface area contributed by atoms with Crippen LogP contribution in [0, 0.1) is 5.41 Å². The van der Waals surface area contributed by atoms with Gasteiger partial charge in [0.15, 0.2) is 5.13 Å². The fourth-order valence-corrected chi connectivity index (χ4v) is 4.41. The topological polar surface area (TPSA) is 41.5 Å². The first kappa shape index (κ1) is 16.0. The summed E-state index contributed by atoms with van der Waals surface area (Å²) in [6.07, 6.45) is 6.14. The van der Waals surface area contributed by atoms with Crippen LogP contribution in [0.1, 0.15) is 18.5 Å². The summed E-state index contributed by atoms with van der Waals surface area (Å²) in [5, 5.41) is 3.19. The van der Waals surface area contributed by atoms with Crippen LogP contribution in [0.3, 0.4) is 0 Å². The van der Waals surface area contributed by atoms with Gasteiger partial charge in [0.1, 0.15) is 0 Å². The molecule has 4 heterocycles. The number of likely N-dealkylation sites (tertiary alicyclic amines) is 1. The molecule has 0 atom stereocenters. The Morgan fingerprint density at radius 2 is 2.04 bits per heavy atom. The van der Waals surface area contributed by atoms with Gasteiger partial charge in [-0.3, -0.25) is 9.88 Å². The highest BCUT2D eigenvalue weighted by atomic mass is 32.1. The fourth-order valence-electron chi connectivity index (χ4n) is 3.74. The Kier molecular flexibility index (Phi) is 4.78. The van der Waals surface area contributed by atoms with Crippen molar-refractivity contribution in [2.24, 2.45) is 5.41 Å². The Bertz CT molecular complexity index is 626. The largest absolute Gasteiger partial charge is 0.379 e. The molecule has 0 bridgehead atoms. The van der Waals surface area contributed by atoms with Crippen LogP contribution in [-0.4, -0.2) is 54.3 Å². The summed E-state index contributed by atoms with van der Waals surface area (Å²) in [7, 11) is 0. The highest BCUT2D eigenvalue weighted by Gasteiger charge is 2.38. The summed E-state index contributed by atoms with van der Waals surface area (Å²) >= 11 is 1.73. The molecular formula is C18H24N4OS. The second kappa shape index (κ2) is 7.17. The lowest BCUT2D eigenvalue weighted by Gasteiger charge is -2.42. The highest BCUT2D eigenvalue weighted by Crippen LogP contribution is 2.36. The number of rotatable bonds is 3. The van der Waals surface area contributed by atoms with Crippen LogP contribution in [0.2, 0.25) is 0 Å². The molecule has 5 nitrogen and oxygen atoms in total. The summed E-state index contributed by atoms with van der Waals surface area (Å²) in [4.78, 5) is 13.9. The lowest BCUT2D eigenvalue weighted by Crippen LogP contribution is -2.47. The maximum atomic E-state index is 5.97. The Balaban J connectivity index is 1.39. The molecule has 0 saturated carbocycles. The number of hydrogen-bond donors (Lipinski definition) is 0. The van der Waals surface area contributed by atoms with Gasteiger partial charge < -0.3 is 9.64 Å². The predicted octanol–water partition coefficient (Wildman–Crippen LogP) is 2.66. The number of thiazole rings is 1. The van der Waals surface area contributed by atoms with E-state index >= 15 is 0 Å². The standard InChI is InChI=1S/C18H24N4OS/c1-2-6-19-16(3-1)13-21-8-4-18(5-9-21)14-22(10-11-23-15-18)17-20-7-12-24-17/h1-3,6-7,12H,4-5,8-11,13-15H2. The Morgan fingerprint density at radius 3 is 2.79 bits per heavy atom. The maximum Gasteiger partial charge on any atom is 0.185 e. The van der Waals surface area contributed by atoms with Crippen LogP contribution in [0.25, 0.3) is 0 Å². The smallest absolute Gasteiger partial charge is 0.185 e. The van der Waals surface area contributed by atoms with Crippen LogP contribution >= 0.6 is 11.3 Å². The van der Waals surface area contributed by atoms with E-state index in [9.17, 15) is 0 Å². The molecule has 0 amide bonds. The number of nitrogens with zero attached hydrogens (tertiary/aromatic N) is 4. The first-order chi connectivity index (χ1) is 11.8. The number of ether oxygens (including phenoxy) is 1. The van der Waals surface area contributed by atoms with Crippen LogP contribution in [0.4, 0.5) is 5.13 Å². The van der Waals surface area contributed by atoms with Crippen molar-refractivity contribution < 1.29 is 4.74 Å². The van der Waals surface area contributed by atoms with Gasteiger partial charge >= 0.3 is 0 Å². The number of piperidine rings is 1. The van der Waals surface area contributed by atoms with Gasteiger partial charge in [0.05, 0.1) is 18.9 Å². The van der Waals surface area contributed by atoms with E-state index < -0.39 is 0 Å². The normalized spacial score (nSPS) is 21.8. The van der Waals surface area contributed by atoms with E-state index in [0.717, 1.165) is 56.8 Å². The fraction of sp³-hybridized carbons (Fsp3) is 0.556. The summed E-state index contributed by atoms with van der Waals surface area (Å²) in [5.74, 6) is 0. The van der Waals surface area contributed by atoms with E-state index in [4.69, 9.17) is 4.74 Å². The van der Waals surface area contributed by atoms with Gasteiger partial charge in [-0.15, -0.1) is 11.3 Å². The molecule has 2 aromatic heterocycles. The lowest BCUT2D eigenvalue weighted by atomic mass is 9.78. The van der Waals surface area contributed by atoms with Crippen LogP contribution in [0.5, 0.6) is 0 Å². The minimum Gasteiger partial charge on any atom is -0.379 e. The van der Waals surface area contributed by atoms with Crippen molar-refractivity contribution in [2.75, 3.05) is 44.3 Å². The zero-order chi connectivity index (χ0) is 16.2. The molecule has 4 rings (SSSR count). The molecule has 24 heavy (non-hydrogen) atoms. The molecule has 2 aliphatic rings. The first-order valence-corrected chi connectivity index (χ1v) is 9.55. The monoisotopic (exact) mass is 344 g/mol. The number of hydrogen-bond acceptors (Lipinski definition) is 6. The van der Waals surface area contributed by atoms with Crippen molar-refractivity contribution in [3.63, 3.8) is 0 Å². The Morgan fingerprint density at radius 1 is 1.12 bits per heavy atom. The van der Waals surface area contributed by atoms with Gasteiger partial charge in [-0.2, -0.15) is 0 Å². The van der Waals surface area contributed by atoms with Crippen molar-refractivity contribution in [3.8, 4) is 0 Å². The summed E-state index contributed by atoms with van der Waals surface area (Å²) in [6, 6.07) is 6.16. The molecule has 2 fully saturated rings. The predicted molar refractivity (Wildman–Crippen MR) is 96.3 cm³/mol. The SMILES string of the molecule is c1ccc(CN2CCC3(CC2)COCCN(c2nccs2)C3)nc1. The third kappa shape index (κ3) is 3.61. The quantitative estimate of drug-likeness (QED) is 0.856. The van der Waals surface area contributed by atoms with E-state index in [-0.39, 0.29) is 5.41 Å². The molecule has 1 spiro atoms. The van der Waals surface area contributed by atoms with Gasteiger partial charge in [-0.1, -0.05) is 6.07 Å². The maximum absolute atomic E-state index is 5.97. The molecule has 0 unspecified atom stereocenters. The van der Waals surface area contributed by atoms with Crippen molar-refractivity contribution in [3.05, 3.63) is 41.7 Å². The van der Waals surface area contributed by atoms with Gasteiger partial charge in [-0.05, 0) is 38.1 Å².